The lowest BCUT2D eigenvalue weighted by Gasteiger charge is -2.67. The summed E-state index contributed by atoms with van der Waals surface area (Å²) in [6.07, 6.45) is -12.5. The first kappa shape index (κ1) is 66.9. The molecule has 11 rings (SSSR count). The average molecular weight is 1320 g/mol. The number of ketones is 1. The van der Waals surface area contributed by atoms with Gasteiger partial charge in [-0.1, -0.05) is 86.6 Å². The number of amides is 2. The Morgan fingerprint density at radius 2 is 1.34 bits per heavy atom. The molecule has 12 atom stereocenters. The monoisotopic (exact) mass is 1320 g/mol. The van der Waals surface area contributed by atoms with Gasteiger partial charge in [-0.3, -0.25) is 28.8 Å². The van der Waals surface area contributed by atoms with E-state index in [4.69, 9.17) is 32.8 Å². The number of esters is 5. The minimum absolute atomic E-state index is 0.00540. The highest BCUT2D eigenvalue weighted by Crippen LogP contribution is 2.65. The molecular weight excluding hydrogens is 1250 g/mol. The Kier molecular flexibility index (Phi) is 17.7. The Morgan fingerprint density at radius 3 is 1.96 bits per heavy atom. The van der Waals surface area contributed by atoms with Crippen molar-refractivity contribution in [3.8, 4) is 28.2 Å². The molecule has 3 fully saturated rings. The molecule has 5 aromatic rings. The molecule has 96 heavy (non-hydrogen) atoms. The van der Waals surface area contributed by atoms with Gasteiger partial charge < -0.3 is 63.9 Å². The second-order valence-corrected chi connectivity index (χ2v) is 25.1. The molecule has 498 valence electrons. The quantitative estimate of drug-likeness (QED) is 0.0234. The summed E-state index contributed by atoms with van der Waals surface area (Å²) in [6, 6.07) is 26.6. The highest BCUT2D eigenvalue weighted by Gasteiger charge is 2.79. The van der Waals surface area contributed by atoms with Crippen molar-refractivity contribution in [3.05, 3.63) is 194 Å². The highest BCUT2D eigenvalue weighted by atomic mass is 19.1. The SMILES string of the molecule is CC(=O)O[C@H]1C(=O)[C@@]2(C)C(C(OC(=O)c3ccccc3)[C@]3(O)C[C@H](OC(=O)[C@H](O)[C@@H](NC(=O)c4ccccc4)c4ccccc4)C(C)=C1C3(C)C)[C@]1(OC(C)=O)CO[C@@H]1C[C@@H]2OC(=O)[C@H](C)NC(=O)c1ccc(-c2c3cc(F)c(=O)cc-3oc3cc(O)c(F)cc23)c(C(=O)O)c1. The van der Waals surface area contributed by atoms with Crippen LogP contribution in [-0.2, 0) is 52.4 Å². The minimum atomic E-state index is -2.66. The standard InChI is InChI=1S/C71H64F2N2O21/c1-33-51(93-67(88)57(80)56(37-17-11-8-12-18-37)75-62(82)38-19-13-9-14-20-38)31-71(89)61(95-66(87)39-21-15-10-16-22-39)59-69(7,60(81)58(91-35(3)76)55(33)68(71,5)6)52(30-53-70(59,32-90-53)96-36(4)77)94-65(86)34(2)74-63(83)40-23-24-41(42(25-40)64(84)85)54-43-26-45(72)47(78)28-49(43)92-50-29-48(79)46(73)27-44(50)54/h8-29,34,51-53,56-59,61,78,80,89H,30-32H2,1-7H3,(H,74,83)(H,75,82)(H,84,85)/t34-,51-,52-,53+,56-,57+,58+,59?,61?,69+,70-,71+/m0/s1. The van der Waals surface area contributed by atoms with Gasteiger partial charge in [0.2, 0.25) is 5.43 Å². The lowest BCUT2D eigenvalue weighted by atomic mass is 9.44. The van der Waals surface area contributed by atoms with Gasteiger partial charge in [-0.05, 0) is 91.6 Å². The topological polar surface area (TPSA) is 344 Å². The maximum absolute atomic E-state index is 16.6. The Morgan fingerprint density at radius 1 is 0.708 bits per heavy atom. The van der Waals surface area contributed by atoms with Crippen LogP contribution in [0, 0.1) is 28.4 Å². The van der Waals surface area contributed by atoms with Gasteiger partial charge in [-0.2, -0.15) is 0 Å². The van der Waals surface area contributed by atoms with Crippen LogP contribution in [0.4, 0.5) is 8.78 Å². The molecule has 0 aromatic heterocycles. The van der Waals surface area contributed by atoms with Crippen LogP contribution in [0.3, 0.4) is 0 Å². The van der Waals surface area contributed by atoms with Crippen LogP contribution >= 0.6 is 0 Å². The summed E-state index contributed by atoms with van der Waals surface area (Å²) in [4.78, 5) is 142. The van der Waals surface area contributed by atoms with E-state index in [9.17, 15) is 68.0 Å². The molecule has 2 bridgehead atoms. The molecule has 0 spiro atoms. The summed E-state index contributed by atoms with van der Waals surface area (Å²) in [6.45, 7) is 8.32. The largest absolute Gasteiger partial charge is 0.505 e. The van der Waals surface area contributed by atoms with E-state index in [1.54, 1.807) is 54.6 Å². The van der Waals surface area contributed by atoms with Crippen molar-refractivity contribution in [1.29, 1.82) is 0 Å². The van der Waals surface area contributed by atoms with Crippen molar-refractivity contribution in [2.75, 3.05) is 6.61 Å². The van der Waals surface area contributed by atoms with Gasteiger partial charge in [0.05, 0.1) is 35.1 Å². The zero-order valence-electron chi connectivity index (χ0n) is 52.5. The summed E-state index contributed by atoms with van der Waals surface area (Å²) in [5.41, 5.74) is -11.8. The zero-order valence-corrected chi connectivity index (χ0v) is 52.5. The van der Waals surface area contributed by atoms with E-state index >= 15 is 9.18 Å². The molecule has 4 aliphatic carbocycles. The molecule has 25 heteroatoms. The van der Waals surface area contributed by atoms with Crippen LogP contribution in [0.5, 0.6) is 5.75 Å². The first-order valence-electron chi connectivity index (χ1n) is 30.4. The van der Waals surface area contributed by atoms with Gasteiger partial charge >= 0.3 is 35.8 Å². The number of aromatic carboxylic acids is 1. The second-order valence-electron chi connectivity index (χ2n) is 25.1. The van der Waals surface area contributed by atoms with Crippen LogP contribution in [-0.4, -0.2) is 134 Å². The van der Waals surface area contributed by atoms with E-state index < -0.39 is 183 Å². The molecular formula is C71H64F2N2O21. The van der Waals surface area contributed by atoms with Crippen molar-refractivity contribution >= 4 is 64.4 Å². The van der Waals surface area contributed by atoms with Gasteiger partial charge in [0.1, 0.15) is 47.4 Å². The van der Waals surface area contributed by atoms with Gasteiger partial charge in [-0.15, -0.1) is 0 Å². The van der Waals surface area contributed by atoms with Crippen LogP contribution in [0.2, 0.25) is 0 Å². The lowest BCUT2D eigenvalue weighted by molar-refractivity contribution is -0.346. The number of halogens is 2. The van der Waals surface area contributed by atoms with Crippen LogP contribution in [0.15, 0.2) is 154 Å². The number of carboxylic acid groups (broad SMARTS) is 1. The average Bonchev–Trinajstić information content (AvgIpc) is 0.668. The highest BCUT2D eigenvalue weighted by molar-refractivity contribution is 6.09. The Balaban J connectivity index is 0.987. The Hall–Kier alpha value is -10.5. The molecule has 2 unspecified atom stereocenters. The summed E-state index contributed by atoms with van der Waals surface area (Å²) < 4.78 is 73.3. The van der Waals surface area contributed by atoms with Gasteiger partial charge in [0.15, 0.2) is 41.0 Å². The number of carbonyl (C=O) groups is 9. The lowest BCUT2D eigenvalue weighted by Crippen LogP contribution is -2.82. The zero-order chi connectivity index (χ0) is 69.2. The summed E-state index contributed by atoms with van der Waals surface area (Å²) in [5.74, 6) is -15.7. The van der Waals surface area contributed by atoms with Crippen molar-refractivity contribution in [2.24, 2.45) is 16.7 Å². The summed E-state index contributed by atoms with van der Waals surface area (Å²) in [7, 11) is 0. The molecule has 2 amide bonds. The van der Waals surface area contributed by atoms with Gasteiger partial charge in [0.25, 0.3) is 11.8 Å². The number of phenolic OH excluding ortho intramolecular Hbond substituents is 1. The number of phenols is 1. The summed E-state index contributed by atoms with van der Waals surface area (Å²) >= 11 is 0. The fourth-order valence-corrected chi connectivity index (χ4v) is 14.2. The summed E-state index contributed by atoms with van der Waals surface area (Å²) in [5, 5.41) is 52.2. The molecule has 23 nitrogen and oxygen atoms in total. The van der Waals surface area contributed by atoms with Crippen LogP contribution < -0.4 is 16.1 Å². The molecule has 0 radical (unpaired) electrons. The van der Waals surface area contributed by atoms with Gasteiger partial charge in [-0.25, -0.2) is 28.0 Å². The predicted molar refractivity (Wildman–Crippen MR) is 332 cm³/mol. The number of aliphatic hydroxyl groups excluding tert-OH is 1. The van der Waals surface area contributed by atoms with E-state index in [1.165, 1.54) is 71.0 Å². The smallest absolute Gasteiger partial charge is 0.338 e. The number of fused-ring (bicyclic) bond motifs is 7. The number of Topliss-reactive ketones (excluding diaryl/α,β-unsaturated/α-hetero) is 1. The first-order chi connectivity index (χ1) is 45.4. The van der Waals surface area contributed by atoms with Crippen molar-refractivity contribution in [2.45, 2.75) is 121 Å². The number of ether oxygens (including phenoxy) is 6. The van der Waals surface area contributed by atoms with Gasteiger partial charge in [0, 0.05) is 71.9 Å². The molecule has 2 aliphatic heterocycles. The Labute approximate surface area is 545 Å². The number of carboxylic acids is 1. The molecule has 6 aliphatic rings. The number of aromatic hydroxyl groups is 1. The van der Waals surface area contributed by atoms with Crippen molar-refractivity contribution < 1.29 is 105 Å². The van der Waals surface area contributed by atoms with E-state index in [2.05, 4.69) is 10.6 Å². The third-order valence-electron chi connectivity index (χ3n) is 19.0. The molecule has 1 saturated heterocycles. The molecule has 5 aromatic carbocycles. The third kappa shape index (κ3) is 11.6. The number of rotatable bonds is 16. The second kappa shape index (κ2) is 25.3. The first-order valence-corrected chi connectivity index (χ1v) is 30.4. The number of nitrogens with one attached hydrogen (secondary N) is 2. The third-order valence-corrected chi connectivity index (χ3v) is 19.0. The van der Waals surface area contributed by atoms with E-state index in [1.807, 2.05) is 0 Å². The van der Waals surface area contributed by atoms with E-state index in [0.717, 1.165) is 56.3 Å². The van der Waals surface area contributed by atoms with Crippen LogP contribution in [0.25, 0.3) is 33.4 Å². The number of aliphatic hydroxyl groups is 2. The number of carbonyl (C=O) groups excluding carboxylic acids is 8. The van der Waals surface area contributed by atoms with E-state index in [-0.39, 0.29) is 61.3 Å². The minimum Gasteiger partial charge on any atom is -0.505 e. The van der Waals surface area contributed by atoms with Crippen molar-refractivity contribution in [3.63, 3.8) is 0 Å². The molecule has 2 heterocycles. The fourth-order valence-electron chi connectivity index (χ4n) is 14.2. The number of hydrogen-bond acceptors (Lipinski definition) is 20. The van der Waals surface area contributed by atoms with E-state index in [0.29, 0.717) is 0 Å². The number of benzene rings is 6. The van der Waals surface area contributed by atoms with Crippen LogP contribution in [0.1, 0.15) is 114 Å². The maximum atomic E-state index is 16.6. The molecule has 2 saturated carbocycles. The molecule has 6 N–H and O–H groups in total. The predicted octanol–water partition coefficient (Wildman–Crippen LogP) is 7.67. The van der Waals surface area contributed by atoms with Crippen molar-refractivity contribution in [1.82, 2.24) is 10.6 Å². The maximum Gasteiger partial charge on any atom is 0.338 e. The Bertz CT molecular complexity index is 4420. The fraction of sp³-hybridized carbons (Fsp3) is 0.324. The normalized spacial score (nSPS) is 25.0. The number of hydrogen-bond donors (Lipinski definition) is 6.